The lowest BCUT2D eigenvalue weighted by Crippen LogP contribution is -2.46. The summed E-state index contributed by atoms with van der Waals surface area (Å²) in [6, 6.07) is 1.36. The minimum Gasteiger partial charge on any atom is -0.368 e. The van der Waals surface area contributed by atoms with E-state index in [4.69, 9.17) is 5.73 Å². The molecule has 0 aromatic carbocycles. The molecular formula is C15H19N3O2. The molecule has 0 radical (unpaired) electrons. The van der Waals surface area contributed by atoms with Gasteiger partial charge >= 0.3 is 0 Å². The predicted octanol–water partition coefficient (Wildman–Crippen LogP) is 1.12. The summed E-state index contributed by atoms with van der Waals surface area (Å²) < 4.78 is 0. The van der Waals surface area contributed by atoms with E-state index in [-0.39, 0.29) is 17.7 Å². The molecule has 2 amide bonds. The maximum absolute atomic E-state index is 12.7. The van der Waals surface area contributed by atoms with Gasteiger partial charge in [-0.1, -0.05) is 6.42 Å². The van der Waals surface area contributed by atoms with Crippen LogP contribution >= 0.6 is 0 Å². The van der Waals surface area contributed by atoms with Crippen molar-refractivity contribution in [3.05, 3.63) is 29.6 Å². The van der Waals surface area contributed by atoms with E-state index in [0.717, 1.165) is 24.8 Å². The zero-order valence-corrected chi connectivity index (χ0v) is 11.6. The van der Waals surface area contributed by atoms with Crippen LogP contribution in [-0.2, 0) is 4.79 Å². The fourth-order valence-electron chi connectivity index (χ4n) is 3.72. The summed E-state index contributed by atoms with van der Waals surface area (Å²) in [5.41, 5.74) is 7.00. The Balaban J connectivity index is 1.91. The van der Waals surface area contributed by atoms with E-state index in [1.165, 1.54) is 0 Å². The number of nitrogens with zero attached hydrogens (tertiary/aromatic N) is 2. The van der Waals surface area contributed by atoms with Crippen LogP contribution in [0.5, 0.6) is 0 Å². The lowest BCUT2D eigenvalue weighted by Gasteiger charge is -2.25. The molecule has 5 heteroatoms. The number of hydrogen-bond acceptors (Lipinski definition) is 3. The van der Waals surface area contributed by atoms with Crippen LogP contribution in [0.25, 0.3) is 0 Å². The van der Waals surface area contributed by atoms with E-state index in [1.54, 1.807) is 17.3 Å². The van der Waals surface area contributed by atoms with Crippen molar-refractivity contribution < 1.29 is 9.59 Å². The Morgan fingerprint density at radius 2 is 2.20 bits per heavy atom. The molecule has 106 valence electrons. The summed E-state index contributed by atoms with van der Waals surface area (Å²) in [4.78, 5) is 30.2. The first-order valence-electron chi connectivity index (χ1n) is 7.10. The maximum atomic E-state index is 12.7. The molecule has 3 rings (SSSR count). The minimum atomic E-state index is -0.449. The Bertz CT molecular complexity index is 558. The zero-order chi connectivity index (χ0) is 14.3. The fraction of sp³-hybridized carbons (Fsp3) is 0.533. The highest BCUT2D eigenvalue weighted by molar-refractivity contribution is 5.98. The second-order valence-corrected chi connectivity index (χ2v) is 5.85. The van der Waals surface area contributed by atoms with Gasteiger partial charge in [0.25, 0.3) is 5.91 Å². The van der Waals surface area contributed by atoms with Gasteiger partial charge in [0.15, 0.2) is 0 Å². The Hall–Kier alpha value is -1.91. The first-order chi connectivity index (χ1) is 9.59. The van der Waals surface area contributed by atoms with Crippen molar-refractivity contribution in [1.82, 2.24) is 9.88 Å². The SMILES string of the molecule is Cc1ccncc1C(=O)N1CC2CCCC2C1C(N)=O. The molecule has 3 unspecified atom stereocenters. The molecule has 2 N–H and O–H groups in total. The second-order valence-electron chi connectivity index (χ2n) is 5.85. The smallest absolute Gasteiger partial charge is 0.256 e. The number of aromatic nitrogens is 1. The number of carbonyl (C=O) groups excluding carboxylic acids is 2. The van der Waals surface area contributed by atoms with Crippen LogP contribution in [0.1, 0.15) is 35.2 Å². The molecule has 3 atom stereocenters. The van der Waals surface area contributed by atoms with Gasteiger partial charge in [0.05, 0.1) is 5.56 Å². The number of nitrogens with two attached hydrogens (primary N) is 1. The molecular weight excluding hydrogens is 254 g/mol. The van der Waals surface area contributed by atoms with E-state index in [1.807, 2.05) is 13.0 Å². The third-order valence-corrected chi connectivity index (χ3v) is 4.71. The molecule has 1 saturated heterocycles. The first-order valence-corrected chi connectivity index (χ1v) is 7.10. The highest BCUT2D eigenvalue weighted by Crippen LogP contribution is 2.42. The molecule has 0 bridgehead atoms. The summed E-state index contributed by atoms with van der Waals surface area (Å²) in [5, 5.41) is 0. The molecule has 1 aliphatic heterocycles. The Labute approximate surface area is 118 Å². The van der Waals surface area contributed by atoms with Gasteiger partial charge in [-0.05, 0) is 43.2 Å². The molecule has 1 saturated carbocycles. The van der Waals surface area contributed by atoms with E-state index >= 15 is 0 Å². The molecule has 1 aromatic rings. The van der Waals surface area contributed by atoms with Gasteiger partial charge in [-0.2, -0.15) is 0 Å². The van der Waals surface area contributed by atoms with Gasteiger partial charge < -0.3 is 10.6 Å². The number of rotatable bonds is 2. The molecule has 1 aliphatic carbocycles. The van der Waals surface area contributed by atoms with Gasteiger partial charge in [-0.15, -0.1) is 0 Å². The number of amides is 2. The van der Waals surface area contributed by atoms with Gasteiger partial charge in [-0.25, -0.2) is 0 Å². The normalized spacial score (nSPS) is 28.4. The Morgan fingerprint density at radius 1 is 1.40 bits per heavy atom. The van der Waals surface area contributed by atoms with Gasteiger partial charge in [0, 0.05) is 18.9 Å². The van der Waals surface area contributed by atoms with E-state index in [2.05, 4.69) is 4.98 Å². The number of primary amides is 1. The summed E-state index contributed by atoms with van der Waals surface area (Å²) >= 11 is 0. The van der Waals surface area contributed by atoms with Crippen LogP contribution in [0.3, 0.4) is 0 Å². The van der Waals surface area contributed by atoms with Gasteiger partial charge in [-0.3, -0.25) is 14.6 Å². The largest absolute Gasteiger partial charge is 0.368 e. The molecule has 2 fully saturated rings. The average Bonchev–Trinajstić information content (AvgIpc) is 2.97. The van der Waals surface area contributed by atoms with Crippen LogP contribution in [0.4, 0.5) is 0 Å². The number of pyridine rings is 1. The van der Waals surface area contributed by atoms with Crippen molar-refractivity contribution in [2.75, 3.05) is 6.54 Å². The molecule has 1 aromatic heterocycles. The number of aryl methyl sites for hydroxylation is 1. The maximum Gasteiger partial charge on any atom is 0.256 e. The Morgan fingerprint density at radius 3 is 2.90 bits per heavy atom. The number of carbonyl (C=O) groups is 2. The lowest BCUT2D eigenvalue weighted by atomic mass is 9.93. The third-order valence-electron chi connectivity index (χ3n) is 4.71. The average molecular weight is 273 g/mol. The lowest BCUT2D eigenvalue weighted by molar-refractivity contribution is -0.122. The van der Waals surface area contributed by atoms with E-state index < -0.39 is 6.04 Å². The van der Waals surface area contributed by atoms with Crippen molar-refractivity contribution in [1.29, 1.82) is 0 Å². The number of fused-ring (bicyclic) bond motifs is 1. The van der Waals surface area contributed by atoms with Crippen molar-refractivity contribution in [3.8, 4) is 0 Å². The minimum absolute atomic E-state index is 0.117. The molecule has 2 heterocycles. The standard InChI is InChI=1S/C15H19N3O2/c1-9-5-6-17-7-12(9)15(20)18-8-10-3-2-4-11(10)13(18)14(16)19/h5-7,10-11,13H,2-4,8H2,1H3,(H2,16,19). The highest BCUT2D eigenvalue weighted by Gasteiger charge is 2.48. The topological polar surface area (TPSA) is 76.3 Å². The summed E-state index contributed by atoms with van der Waals surface area (Å²) in [6.45, 7) is 2.52. The summed E-state index contributed by atoms with van der Waals surface area (Å²) in [7, 11) is 0. The van der Waals surface area contributed by atoms with Crippen LogP contribution in [0, 0.1) is 18.8 Å². The second kappa shape index (κ2) is 4.89. The summed E-state index contributed by atoms with van der Waals surface area (Å²) in [5.74, 6) is 0.171. The fourth-order valence-corrected chi connectivity index (χ4v) is 3.72. The monoisotopic (exact) mass is 273 g/mol. The van der Waals surface area contributed by atoms with Crippen LogP contribution < -0.4 is 5.73 Å². The van der Waals surface area contributed by atoms with Crippen molar-refractivity contribution in [3.63, 3.8) is 0 Å². The zero-order valence-electron chi connectivity index (χ0n) is 11.6. The van der Waals surface area contributed by atoms with Crippen molar-refractivity contribution in [2.45, 2.75) is 32.2 Å². The summed E-state index contributed by atoms with van der Waals surface area (Å²) in [6.07, 6.45) is 6.45. The predicted molar refractivity (Wildman–Crippen MR) is 73.8 cm³/mol. The first kappa shape index (κ1) is 13.1. The van der Waals surface area contributed by atoms with Gasteiger partial charge in [0.1, 0.15) is 6.04 Å². The number of hydrogen-bond donors (Lipinski definition) is 1. The van der Waals surface area contributed by atoms with Crippen molar-refractivity contribution >= 4 is 11.8 Å². The van der Waals surface area contributed by atoms with E-state index in [0.29, 0.717) is 18.0 Å². The highest BCUT2D eigenvalue weighted by atomic mass is 16.2. The molecule has 2 aliphatic rings. The van der Waals surface area contributed by atoms with Crippen LogP contribution in [0.15, 0.2) is 18.5 Å². The van der Waals surface area contributed by atoms with Crippen LogP contribution in [-0.4, -0.2) is 34.3 Å². The van der Waals surface area contributed by atoms with Gasteiger partial charge in [0.2, 0.25) is 5.91 Å². The van der Waals surface area contributed by atoms with E-state index in [9.17, 15) is 9.59 Å². The Kier molecular flexibility index (Phi) is 3.20. The van der Waals surface area contributed by atoms with Crippen LogP contribution in [0.2, 0.25) is 0 Å². The molecule has 20 heavy (non-hydrogen) atoms. The third kappa shape index (κ3) is 1.97. The number of likely N-dealkylation sites (tertiary alicyclic amines) is 1. The molecule has 0 spiro atoms. The molecule has 5 nitrogen and oxygen atoms in total. The van der Waals surface area contributed by atoms with Crippen molar-refractivity contribution in [2.24, 2.45) is 17.6 Å². The quantitative estimate of drug-likeness (QED) is 0.877.